The first-order valence-corrected chi connectivity index (χ1v) is 5.40. The van der Waals surface area contributed by atoms with Crippen molar-refractivity contribution in [2.75, 3.05) is 0 Å². The van der Waals surface area contributed by atoms with Gasteiger partial charge in [0.25, 0.3) is 0 Å². The smallest absolute Gasteiger partial charge is 0.248 e. The zero-order chi connectivity index (χ0) is 11.7. The van der Waals surface area contributed by atoms with E-state index in [9.17, 15) is 14.7 Å². The van der Waals surface area contributed by atoms with Gasteiger partial charge in [0.05, 0.1) is 10.8 Å². The molecule has 0 amide bonds. The number of aryl methyl sites for hydroxylation is 1. The molecule has 0 aromatic carbocycles. The van der Waals surface area contributed by atoms with Gasteiger partial charge in [-0.05, 0) is 24.6 Å². The zero-order valence-corrected chi connectivity index (χ0v) is 9.26. The van der Waals surface area contributed by atoms with Gasteiger partial charge in [-0.3, -0.25) is 4.79 Å². The van der Waals surface area contributed by atoms with E-state index >= 15 is 0 Å². The number of rotatable bonds is 2. The summed E-state index contributed by atoms with van der Waals surface area (Å²) in [5, 5.41) is 10.6. The predicted molar refractivity (Wildman–Crippen MR) is 59.4 cm³/mol. The molecule has 0 aliphatic rings. The molecule has 0 saturated heterocycles. The van der Waals surface area contributed by atoms with Crippen LogP contribution in [-0.4, -0.2) is 11.0 Å². The highest BCUT2D eigenvalue weighted by Gasteiger charge is 2.06. The lowest BCUT2D eigenvalue weighted by molar-refractivity contribution is -0.254. The van der Waals surface area contributed by atoms with Gasteiger partial charge in [0.2, 0.25) is 5.56 Å². The number of carbonyl (C=O) groups excluding carboxylic acids is 1. The molecule has 0 radical (unpaired) electrons. The highest BCUT2D eigenvalue weighted by Crippen LogP contribution is 2.28. The van der Waals surface area contributed by atoms with Crippen LogP contribution in [0.3, 0.4) is 0 Å². The Labute approximate surface area is 95.2 Å². The van der Waals surface area contributed by atoms with Crippen LogP contribution < -0.4 is 10.7 Å². The number of carboxylic acid groups (broad SMARTS) is 1. The Bertz CT molecular complexity index is 597. The molecule has 16 heavy (non-hydrogen) atoms. The Morgan fingerprint density at radius 3 is 2.75 bits per heavy atom. The summed E-state index contributed by atoms with van der Waals surface area (Å²) in [6.45, 7) is 1.81. The molecule has 5 heteroatoms. The van der Waals surface area contributed by atoms with Crippen LogP contribution in [0, 0.1) is 6.92 Å². The van der Waals surface area contributed by atoms with Gasteiger partial charge in [0.15, 0.2) is 0 Å². The Morgan fingerprint density at radius 1 is 1.44 bits per heavy atom. The third-order valence-corrected chi connectivity index (χ3v) is 3.30. The van der Waals surface area contributed by atoms with Crippen LogP contribution in [0.4, 0.5) is 0 Å². The second kappa shape index (κ2) is 3.94. The van der Waals surface area contributed by atoms with Crippen LogP contribution in [0.15, 0.2) is 29.2 Å². The van der Waals surface area contributed by atoms with E-state index in [1.165, 1.54) is 12.1 Å². The van der Waals surface area contributed by atoms with Crippen molar-refractivity contribution < 1.29 is 9.90 Å². The summed E-state index contributed by atoms with van der Waals surface area (Å²) in [4.78, 5) is 25.2. The first kappa shape index (κ1) is 10.6. The molecule has 4 nitrogen and oxygen atoms in total. The van der Waals surface area contributed by atoms with Crippen LogP contribution in [-0.2, 0) is 0 Å². The minimum atomic E-state index is -1.18. The Morgan fingerprint density at radius 2 is 2.19 bits per heavy atom. The summed E-state index contributed by atoms with van der Waals surface area (Å²) in [7, 11) is 0. The minimum absolute atomic E-state index is 0.169. The Kier molecular flexibility index (Phi) is 2.62. The van der Waals surface area contributed by atoms with Crippen molar-refractivity contribution >= 4 is 17.3 Å². The number of thiophene rings is 1. The molecule has 1 N–H and O–H groups in total. The van der Waals surface area contributed by atoms with Crippen LogP contribution in [0.5, 0.6) is 0 Å². The summed E-state index contributed by atoms with van der Waals surface area (Å²) < 4.78 is 0. The third-order valence-electron chi connectivity index (χ3n) is 2.20. The molecule has 0 spiro atoms. The molecular formula is C11H8NO3S-. The van der Waals surface area contributed by atoms with Crippen molar-refractivity contribution in [2.24, 2.45) is 0 Å². The fourth-order valence-corrected chi connectivity index (χ4v) is 2.35. The van der Waals surface area contributed by atoms with E-state index < -0.39 is 5.97 Å². The first-order valence-electron chi connectivity index (χ1n) is 4.59. The molecule has 2 aromatic heterocycles. The standard InChI is InChI=1S/C11H9NO3S/c1-6-4-10(13)12-5-7(6)8-2-3-9(16-8)11(14)15/h2-5H,1H3,(H,12,13)(H,14,15)/p-1. The average Bonchev–Trinajstić information content (AvgIpc) is 2.66. The van der Waals surface area contributed by atoms with Gasteiger partial charge in [-0.15, -0.1) is 11.3 Å². The molecule has 0 unspecified atom stereocenters. The number of aromatic nitrogens is 1. The molecule has 2 aromatic rings. The average molecular weight is 234 g/mol. The van der Waals surface area contributed by atoms with Gasteiger partial charge in [-0.2, -0.15) is 0 Å². The number of pyridine rings is 1. The summed E-state index contributed by atoms with van der Waals surface area (Å²) in [6, 6.07) is 4.68. The third kappa shape index (κ3) is 1.90. The van der Waals surface area contributed by atoms with Gasteiger partial charge in [-0.1, -0.05) is 0 Å². The second-order valence-electron chi connectivity index (χ2n) is 3.35. The zero-order valence-electron chi connectivity index (χ0n) is 8.44. The maximum Gasteiger partial charge on any atom is 0.248 e. The molecular weight excluding hydrogens is 226 g/mol. The van der Waals surface area contributed by atoms with Crippen LogP contribution in [0.1, 0.15) is 15.2 Å². The van der Waals surface area contributed by atoms with Crippen molar-refractivity contribution in [3.63, 3.8) is 0 Å². The van der Waals surface area contributed by atoms with E-state index in [0.29, 0.717) is 0 Å². The summed E-state index contributed by atoms with van der Waals surface area (Å²) in [5.41, 5.74) is 1.48. The largest absolute Gasteiger partial charge is 0.544 e. The lowest BCUT2D eigenvalue weighted by atomic mass is 10.1. The van der Waals surface area contributed by atoms with Gasteiger partial charge in [0, 0.05) is 22.7 Å². The number of hydrogen-bond acceptors (Lipinski definition) is 4. The summed E-state index contributed by atoms with van der Waals surface area (Å²) in [5.74, 6) is -1.18. The Balaban J connectivity index is 2.50. The maximum absolute atomic E-state index is 11.0. The van der Waals surface area contributed by atoms with Crippen LogP contribution >= 0.6 is 11.3 Å². The van der Waals surface area contributed by atoms with Gasteiger partial charge in [-0.25, -0.2) is 0 Å². The minimum Gasteiger partial charge on any atom is -0.544 e. The lowest BCUT2D eigenvalue weighted by Crippen LogP contribution is -2.20. The van der Waals surface area contributed by atoms with Gasteiger partial charge >= 0.3 is 0 Å². The molecule has 2 heterocycles. The normalized spacial score (nSPS) is 10.3. The molecule has 0 atom stereocenters. The number of aromatic amines is 1. The maximum atomic E-state index is 11.0. The number of H-pyrrole nitrogens is 1. The summed E-state index contributed by atoms with van der Waals surface area (Å²) >= 11 is 1.13. The highest BCUT2D eigenvalue weighted by atomic mass is 32.1. The van der Waals surface area contributed by atoms with Crippen molar-refractivity contribution in [1.29, 1.82) is 0 Å². The Hall–Kier alpha value is -1.88. The number of aromatic carboxylic acids is 1. The molecule has 0 aliphatic heterocycles. The van der Waals surface area contributed by atoms with E-state index in [0.717, 1.165) is 27.3 Å². The molecule has 0 bridgehead atoms. The van der Waals surface area contributed by atoms with Crippen molar-refractivity contribution in [1.82, 2.24) is 4.98 Å². The lowest BCUT2D eigenvalue weighted by Gasteiger charge is -2.01. The monoisotopic (exact) mass is 234 g/mol. The van der Waals surface area contributed by atoms with E-state index in [-0.39, 0.29) is 10.4 Å². The molecule has 0 fully saturated rings. The van der Waals surface area contributed by atoms with Crippen LogP contribution in [0.2, 0.25) is 0 Å². The fraction of sp³-hybridized carbons (Fsp3) is 0.0909. The molecule has 82 valence electrons. The van der Waals surface area contributed by atoms with Crippen LogP contribution in [0.25, 0.3) is 10.4 Å². The van der Waals surface area contributed by atoms with E-state index in [1.807, 2.05) is 6.92 Å². The SMILES string of the molecule is Cc1cc(=O)[nH]cc1-c1ccc(C(=O)[O-])s1. The number of carbonyl (C=O) groups is 1. The van der Waals surface area contributed by atoms with E-state index in [1.54, 1.807) is 12.3 Å². The first-order chi connectivity index (χ1) is 7.58. The summed E-state index contributed by atoms with van der Waals surface area (Å²) in [6.07, 6.45) is 1.59. The second-order valence-corrected chi connectivity index (χ2v) is 4.43. The predicted octanol–water partition coefficient (Wildman–Crippen LogP) is 0.775. The highest BCUT2D eigenvalue weighted by molar-refractivity contribution is 7.17. The van der Waals surface area contributed by atoms with E-state index in [4.69, 9.17) is 0 Å². The topological polar surface area (TPSA) is 73.0 Å². The van der Waals surface area contributed by atoms with Gasteiger partial charge in [0.1, 0.15) is 0 Å². The number of hydrogen-bond donors (Lipinski definition) is 1. The molecule has 0 saturated carbocycles. The van der Waals surface area contributed by atoms with Crippen molar-refractivity contribution in [2.45, 2.75) is 6.92 Å². The van der Waals surface area contributed by atoms with Crippen molar-refractivity contribution in [3.8, 4) is 10.4 Å². The number of carboxylic acids is 1. The van der Waals surface area contributed by atoms with E-state index in [2.05, 4.69) is 4.98 Å². The molecule has 2 rings (SSSR count). The van der Waals surface area contributed by atoms with Gasteiger partial charge < -0.3 is 14.9 Å². The fourth-order valence-electron chi connectivity index (χ4n) is 1.43. The van der Waals surface area contributed by atoms with Crippen molar-refractivity contribution in [3.05, 3.63) is 45.2 Å². The quantitative estimate of drug-likeness (QED) is 0.834. The molecule has 0 aliphatic carbocycles. The number of nitrogens with one attached hydrogen (secondary N) is 1.